The minimum absolute atomic E-state index is 0.0230. The topological polar surface area (TPSA) is 42.0 Å². The highest BCUT2D eigenvalue weighted by Crippen LogP contribution is 2.30. The molecule has 5 nitrogen and oxygen atoms in total. The van der Waals surface area contributed by atoms with Crippen molar-refractivity contribution in [2.24, 2.45) is 0 Å². The molecule has 0 aromatic carbocycles. The number of carbonyl (C=O) groups is 1. The van der Waals surface area contributed by atoms with Crippen molar-refractivity contribution in [3.63, 3.8) is 0 Å². The molecule has 0 radical (unpaired) electrons. The maximum Gasteiger partial charge on any atom is 0.410 e. The zero-order valence-electron chi connectivity index (χ0n) is 11.2. The lowest BCUT2D eigenvalue weighted by Gasteiger charge is -2.56. The Balaban J connectivity index is 1.87. The quantitative estimate of drug-likeness (QED) is 0.634. The molecule has 0 aromatic rings. The average Bonchev–Trinajstić information content (AvgIpc) is 2.12. The largest absolute Gasteiger partial charge is 0.444 e. The average molecular weight is 242 g/mol. The van der Waals surface area contributed by atoms with Gasteiger partial charge < -0.3 is 14.4 Å². The monoisotopic (exact) mass is 242 g/mol. The number of nitrogens with zero attached hydrogens (tertiary/aromatic N) is 2. The SMILES string of the molecule is CN1CCOCC12CN(C(=O)OC(C)(C)C)C2. The first-order valence-corrected chi connectivity index (χ1v) is 6.09. The molecular weight excluding hydrogens is 220 g/mol. The first kappa shape index (κ1) is 12.6. The standard InChI is InChI=1S/C12H22N2O3/c1-11(2,3)17-10(15)14-7-12(8-14)9-16-6-5-13(12)4/h5-9H2,1-4H3. The Labute approximate surface area is 103 Å². The summed E-state index contributed by atoms with van der Waals surface area (Å²) in [7, 11) is 2.09. The van der Waals surface area contributed by atoms with Gasteiger partial charge in [-0.1, -0.05) is 0 Å². The lowest BCUT2D eigenvalue weighted by molar-refractivity contribution is -0.127. The highest BCUT2D eigenvalue weighted by Gasteiger charge is 2.50. The first-order chi connectivity index (χ1) is 7.82. The van der Waals surface area contributed by atoms with E-state index in [9.17, 15) is 4.79 Å². The van der Waals surface area contributed by atoms with Gasteiger partial charge in [0.05, 0.1) is 18.8 Å². The summed E-state index contributed by atoms with van der Waals surface area (Å²) in [5.74, 6) is 0. The summed E-state index contributed by atoms with van der Waals surface area (Å²) in [6.07, 6.45) is -0.220. The van der Waals surface area contributed by atoms with Crippen LogP contribution in [0.3, 0.4) is 0 Å². The van der Waals surface area contributed by atoms with Gasteiger partial charge in [0, 0.05) is 19.6 Å². The highest BCUT2D eigenvalue weighted by molar-refractivity contribution is 5.69. The first-order valence-electron chi connectivity index (χ1n) is 6.09. The molecule has 0 aromatic heterocycles. The van der Waals surface area contributed by atoms with Crippen molar-refractivity contribution in [1.29, 1.82) is 0 Å². The van der Waals surface area contributed by atoms with Gasteiger partial charge >= 0.3 is 6.09 Å². The Morgan fingerprint density at radius 3 is 2.53 bits per heavy atom. The summed E-state index contributed by atoms with van der Waals surface area (Å²) in [5, 5.41) is 0. The molecule has 2 heterocycles. The van der Waals surface area contributed by atoms with E-state index in [2.05, 4.69) is 11.9 Å². The summed E-state index contributed by atoms with van der Waals surface area (Å²) >= 11 is 0. The Bertz CT molecular complexity index is 305. The van der Waals surface area contributed by atoms with E-state index >= 15 is 0 Å². The van der Waals surface area contributed by atoms with E-state index in [0.29, 0.717) is 19.7 Å². The zero-order valence-corrected chi connectivity index (χ0v) is 11.2. The van der Waals surface area contributed by atoms with Gasteiger partial charge in [0.25, 0.3) is 0 Å². The number of amides is 1. The van der Waals surface area contributed by atoms with Crippen molar-refractivity contribution in [3.8, 4) is 0 Å². The van der Waals surface area contributed by atoms with E-state index in [0.717, 1.165) is 13.2 Å². The van der Waals surface area contributed by atoms with Crippen molar-refractivity contribution in [1.82, 2.24) is 9.80 Å². The fourth-order valence-electron chi connectivity index (χ4n) is 2.26. The van der Waals surface area contributed by atoms with Gasteiger partial charge in [0.1, 0.15) is 5.60 Å². The molecule has 2 rings (SSSR count). The normalized spacial score (nSPS) is 24.6. The molecule has 1 spiro atoms. The Morgan fingerprint density at radius 2 is 2.00 bits per heavy atom. The summed E-state index contributed by atoms with van der Waals surface area (Å²) < 4.78 is 10.8. The number of rotatable bonds is 0. The van der Waals surface area contributed by atoms with Crippen LogP contribution in [0.15, 0.2) is 0 Å². The van der Waals surface area contributed by atoms with Gasteiger partial charge in [0.15, 0.2) is 0 Å². The maximum atomic E-state index is 11.8. The molecule has 1 amide bonds. The van der Waals surface area contributed by atoms with E-state index in [1.165, 1.54) is 0 Å². The molecule has 0 bridgehead atoms. The minimum Gasteiger partial charge on any atom is -0.444 e. The molecule has 98 valence electrons. The minimum atomic E-state index is -0.422. The number of hydrogen-bond acceptors (Lipinski definition) is 4. The third-order valence-electron chi connectivity index (χ3n) is 3.37. The maximum absolute atomic E-state index is 11.8. The second-order valence-electron chi connectivity index (χ2n) is 6.03. The Kier molecular flexibility index (Phi) is 3.08. The molecule has 2 saturated heterocycles. The van der Waals surface area contributed by atoms with Crippen LogP contribution >= 0.6 is 0 Å². The van der Waals surface area contributed by atoms with Crippen molar-refractivity contribution in [2.45, 2.75) is 31.9 Å². The lowest BCUT2D eigenvalue weighted by Crippen LogP contribution is -2.74. The predicted octanol–water partition coefficient (Wildman–Crippen LogP) is 0.938. The van der Waals surface area contributed by atoms with Gasteiger partial charge in [-0.15, -0.1) is 0 Å². The molecule has 5 heteroatoms. The molecule has 2 aliphatic rings. The van der Waals surface area contributed by atoms with Crippen LogP contribution in [0.2, 0.25) is 0 Å². The van der Waals surface area contributed by atoms with Crippen molar-refractivity contribution in [2.75, 3.05) is 39.9 Å². The zero-order chi connectivity index (χ0) is 12.7. The molecule has 0 atom stereocenters. The second kappa shape index (κ2) is 4.14. The van der Waals surface area contributed by atoms with Crippen LogP contribution in [0.5, 0.6) is 0 Å². The van der Waals surface area contributed by atoms with E-state index in [1.807, 2.05) is 20.8 Å². The van der Waals surface area contributed by atoms with E-state index < -0.39 is 5.60 Å². The fourth-order valence-corrected chi connectivity index (χ4v) is 2.26. The van der Waals surface area contributed by atoms with Gasteiger partial charge in [-0.25, -0.2) is 4.79 Å². The van der Waals surface area contributed by atoms with Gasteiger partial charge in [-0.2, -0.15) is 0 Å². The molecule has 2 aliphatic heterocycles. The van der Waals surface area contributed by atoms with Gasteiger partial charge in [-0.3, -0.25) is 4.90 Å². The molecule has 2 fully saturated rings. The number of ether oxygens (including phenoxy) is 2. The Hall–Kier alpha value is -0.810. The van der Waals surface area contributed by atoms with Crippen molar-refractivity contribution >= 4 is 6.09 Å². The summed E-state index contributed by atoms with van der Waals surface area (Å²) in [6, 6.07) is 0. The van der Waals surface area contributed by atoms with Crippen molar-refractivity contribution in [3.05, 3.63) is 0 Å². The molecule has 0 unspecified atom stereocenters. The van der Waals surface area contributed by atoms with E-state index in [1.54, 1.807) is 4.90 Å². The smallest absolute Gasteiger partial charge is 0.410 e. The highest BCUT2D eigenvalue weighted by atomic mass is 16.6. The number of morpholine rings is 1. The summed E-state index contributed by atoms with van der Waals surface area (Å²) in [5.41, 5.74) is -0.399. The van der Waals surface area contributed by atoms with Gasteiger partial charge in [-0.05, 0) is 27.8 Å². The lowest BCUT2D eigenvalue weighted by atomic mass is 9.88. The number of likely N-dealkylation sites (N-methyl/N-ethyl adjacent to an activating group) is 1. The molecule has 0 N–H and O–H groups in total. The molecule has 0 aliphatic carbocycles. The summed E-state index contributed by atoms with van der Waals surface area (Å²) in [4.78, 5) is 15.9. The van der Waals surface area contributed by atoms with Crippen LogP contribution in [0, 0.1) is 0 Å². The Morgan fingerprint density at radius 1 is 1.35 bits per heavy atom. The number of carbonyl (C=O) groups excluding carboxylic acids is 1. The van der Waals surface area contributed by atoms with Crippen molar-refractivity contribution < 1.29 is 14.3 Å². The fraction of sp³-hybridized carbons (Fsp3) is 0.917. The number of likely N-dealkylation sites (tertiary alicyclic amines) is 1. The molecule has 17 heavy (non-hydrogen) atoms. The molecular formula is C12H22N2O3. The van der Waals surface area contributed by atoms with Crippen LogP contribution in [0.25, 0.3) is 0 Å². The van der Waals surface area contributed by atoms with Gasteiger partial charge in [0.2, 0.25) is 0 Å². The van der Waals surface area contributed by atoms with Crippen LogP contribution < -0.4 is 0 Å². The van der Waals surface area contributed by atoms with Crippen LogP contribution in [0.4, 0.5) is 4.79 Å². The van der Waals surface area contributed by atoms with E-state index in [-0.39, 0.29) is 11.6 Å². The van der Waals surface area contributed by atoms with Crippen LogP contribution in [-0.4, -0.2) is 66.9 Å². The van der Waals surface area contributed by atoms with Crippen LogP contribution in [0.1, 0.15) is 20.8 Å². The predicted molar refractivity (Wildman–Crippen MR) is 64.0 cm³/mol. The molecule has 0 saturated carbocycles. The second-order valence-corrected chi connectivity index (χ2v) is 6.03. The third-order valence-corrected chi connectivity index (χ3v) is 3.37. The number of hydrogen-bond donors (Lipinski definition) is 0. The van der Waals surface area contributed by atoms with Crippen LogP contribution in [-0.2, 0) is 9.47 Å². The summed E-state index contributed by atoms with van der Waals surface area (Å²) in [6.45, 7) is 9.50. The van der Waals surface area contributed by atoms with E-state index in [4.69, 9.17) is 9.47 Å². The third kappa shape index (κ3) is 2.55.